The number of carboxylic acid groups (broad SMARTS) is 1. The summed E-state index contributed by atoms with van der Waals surface area (Å²) in [6, 6.07) is 15.2. The van der Waals surface area contributed by atoms with Gasteiger partial charge in [-0.2, -0.15) is 9.59 Å². The van der Waals surface area contributed by atoms with Crippen molar-refractivity contribution in [1.29, 1.82) is 0 Å². The van der Waals surface area contributed by atoms with Crippen LogP contribution < -0.4 is 10.2 Å². The van der Waals surface area contributed by atoms with Crippen LogP contribution in [0.15, 0.2) is 59.5 Å². The third-order valence-corrected chi connectivity index (χ3v) is 5.51. The zero-order chi connectivity index (χ0) is 23.4. The maximum atomic E-state index is 12.4. The van der Waals surface area contributed by atoms with Crippen LogP contribution in [0.5, 0.6) is 11.5 Å². The Morgan fingerprint density at radius 3 is 2.41 bits per heavy atom. The molecule has 1 atom stereocenters. The molecule has 0 radical (unpaired) electrons. The summed E-state index contributed by atoms with van der Waals surface area (Å²) in [4.78, 5) is 40.1. The number of carboxylic acids is 1. The van der Waals surface area contributed by atoms with Crippen molar-refractivity contribution in [2.24, 2.45) is 5.92 Å². The Kier molecular flexibility index (Phi) is 6.71. The largest absolute Gasteiger partial charge is 0.477 e. The Hall–Kier alpha value is -3.96. The summed E-state index contributed by atoms with van der Waals surface area (Å²) in [7, 11) is 0. The van der Waals surface area contributed by atoms with E-state index in [-0.39, 0.29) is 23.7 Å². The lowest BCUT2D eigenvalue weighted by Gasteiger charge is -2.33. The van der Waals surface area contributed by atoms with Gasteiger partial charge in [-0.15, -0.1) is 0 Å². The molecule has 0 fully saturated rings. The van der Waals surface area contributed by atoms with Crippen molar-refractivity contribution in [2.75, 3.05) is 0 Å². The Balaban J connectivity index is 0.000000913. The first-order valence-electron chi connectivity index (χ1n) is 10.1. The molecule has 32 heavy (non-hydrogen) atoms. The van der Waals surface area contributed by atoms with Crippen molar-refractivity contribution in [2.45, 2.75) is 33.2 Å². The van der Waals surface area contributed by atoms with Crippen LogP contribution in [0.2, 0.25) is 0 Å². The van der Waals surface area contributed by atoms with E-state index in [1.165, 1.54) is 12.3 Å². The number of aromatic nitrogens is 1. The number of benzene rings is 2. The SMILES string of the molecule is Cc1cc2c(cc1Oc1ccccc1)CC(C(C)C)n1cc(C(=O)O)c(=O)cc1-2.O=C=O. The molecule has 0 saturated carbocycles. The molecule has 0 saturated heterocycles. The lowest BCUT2D eigenvalue weighted by atomic mass is 9.86. The van der Waals surface area contributed by atoms with Crippen LogP contribution in [0.1, 0.15) is 41.4 Å². The van der Waals surface area contributed by atoms with Crippen LogP contribution in [-0.2, 0) is 16.0 Å². The number of para-hydroxylation sites is 1. The smallest absolute Gasteiger partial charge is 0.373 e. The molecule has 3 aromatic rings. The number of hydrogen-bond donors (Lipinski definition) is 1. The second-order valence-corrected chi connectivity index (χ2v) is 7.94. The van der Waals surface area contributed by atoms with Crippen molar-refractivity contribution in [1.82, 2.24) is 4.57 Å². The first-order chi connectivity index (χ1) is 15.3. The van der Waals surface area contributed by atoms with Gasteiger partial charge >= 0.3 is 12.1 Å². The van der Waals surface area contributed by atoms with E-state index in [9.17, 15) is 14.7 Å². The normalized spacial score (nSPS) is 13.8. The molecule has 7 heteroatoms. The molecular formula is C25H23NO6. The number of fused-ring (bicyclic) bond motifs is 3. The Bertz CT molecular complexity index is 1240. The van der Waals surface area contributed by atoms with Crippen LogP contribution in [-0.4, -0.2) is 21.8 Å². The summed E-state index contributed by atoms with van der Waals surface area (Å²) in [5.74, 6) is 0.636. The monoisotopic (exact) mass is 433 g/mol. The topological polar surface area (TPSA) is 103 Å². The summed E-state index contributed by atoms with van der Waals surface area (Å²) in [6.45, 7) is 6.18. The molecule has 7 nitrogen and oxygen atoms in total. The van der Waals surface area contributed by atoms with Gasteiger partial charge in [0.15, 0.2) is 5.43 Å². The average Bonchev–Trinajstić information content (AvgIpc) is 2.74. The molecule has 1 aliphatic rings. The van der Waals surface area contributed by atoms with E-state index >= 15 is 0 Å². The highest BCUT2D eigenvalue weighted by Gasteiger charge is 2.28. The lowest BCUT2D eigenvalue weighted by Crippen LogP contribution is -2.28. The second-order valence-electron chi connectivity index (χ2n) is 7.94. The Morgan fingerprint density at radius 1 is 1.16 bits per heavy atom. The third kappa shape index (κ3) is 4.53. The standard InChI is InChI=1S/C24H23NO4.CO2/c1-14(2)20-10-16-11-23(29-17-7-5-4-6-8-17)15(3)9-18(16)21-12-22(26)19(24(27)28)13-25(20)21;2-1-3/h4-9,11-14,20H,10H2,1-3H3,(H,27,28);. The van der Waals surface area contributed by atoms with Gasteiger partial charge in [0.1, 0.15) is 17.1 Å². The number of carbonyl (C=O) groups excluding carboxylic acids is 2. The molecular weight excluding hydrogens is 410 g/mol. The Morgan fingerprint density at radius 2 is 1.81 bits per heavy atom. The predicted octanol–water partition coefficient (Wildman–Crippen LogP) is 4.48. The number of rotatable bonds is 4. The highest BCUT2D eigenvalue weighted by atomic mass is 16.5. The summed E-state index contributed by atoms with van der Waals surface area (Å²) in [5.41, 5.74) is 3.10. The van der Waals surface area contributed by atoms with Gasteiger partial charge in [-0.1, -0.05) is 32.0 Å². The number of pyridine rings is 1. The van der Waals surface area contributed by atoms with Gasteiger partial charge in [-0.3, -0.25) is 4.79 Å². The van der Waals surface area contributed by atoms with Gasteiger partial charge in [0.05, 0.1) is 5.69 Å². The van der Waals surface area contributed by atoms with Crippen LogP contribution in [0, 0.1) is 12.8 Å². The fraction of sp³-hybridized carbons (Fsp3) is 0.240. The maximum Gasteiger partial charge on any atom is 0.373 e. The molecule has 0 aliphatic carbocycles. The van der Waals surface area contributed by atoms with Crippen molar-refractivity contribution in [3.8, 4) is 22.8 Å². The van der Waals surface area contributed by atoms with Crippen LogP contribution in [0.25, 0.3) is 11.3 Å². The highest BCUT2D eigenvalue weighted by Crippen LogP contribution is 2.40. The molecule has 1 aliphatic heterocycles. The zero-order valence-electron chi connectivity index (χ0n) is 18.0. The molecule has 2 heterocycles. The number of aromatic carboxylic acids is 1. The van der Waals surface area contributed by atoms with Gasteiger partial charge in [0.2, 0.25) is 0 Å². The van der Waals surface area contributed by atoms with Crippen LogP contribution in [0.4, 0.5) is 0 Å². The number of aryl methyl sites for hydroxylation is 1. The third-order valence-electron chi connectivity index (χ3n) is 5.51. The zero-order valence-corrected chi connectivity index (χ0v) is 18.0. The highest BCUT2D eigenvalue weighted by molar-refractivity contribution is 5.87. The fourth-order valence-electron chi connectivity index (χ4n) is 3.94. The second kappa shape index (κ2) is 9.45. The van der Waals surface area contributed by atoms with E-state index in [1.807, 2.05) is 54.0 Å². The molecule has 4 rings (SSSR count). The van der Waals surface area contributed by atoms with Gasteiger partial charge in [0, 0.05) is 23.9 Å². The van der Waals surface area contributed by atoms with Crippen LogP contribution in [0.3, 0.4) is 0 Å². The van der Waals surface area contributed by atoms with E-state index in [0.29, 0.717) is 0 Å². The first-order valence-corrected chi connectivity index (χ1v) is 10.1. The van der Waals surface area contributed by atoms with Gasteiger partial charge in [-0.05, 0) is 54.7 Å². The summed E-state index contributed by atoms with van der Waals surface area (Å²) >= 11 is 0. The molecule has 1 N–H and O–H groups in total. The number of nitrogens with zero attached hydrogens (tertiary/aromatic N) is 1. The first kappa shape index (κ1) is 22.7. The molecule has 164 valence electrons. The van der Waals surface area contributed by atoms with Gasteiger partial charge < -0.3 is 14.4 Å². The minimum Gasteiger partial charge on any atom is -0.477 e. The molecule has 1 unspecified atom stereocenters. The number of hydrogen-bond acceptors (Lipinski definition) is 5. The average molecular weight is 433 g/mol. The fourth-order valence-corrected chi connectivity index (χ4v) is 3.94. The van der Waals surface area contributed by atoms with Crippen molar-refractivity contribution in [3.63, 3.8) is 0 Å². The van der Waals surface area contributed by atoms with Crippen molar-refractivity contribution < 1.29 is 24.2 Å². The molecule has 1 aromatic heterocycles. The van der Waals surface area contributed by atoms with E-state index in [4.69, 9.17) is 14.3 Å². The lowest BCUT2D eigenvalue weighted by molar-refractivity contribution is -0.191. The van der Waals surface area contributed by atoms with Crippen molar-refractivity contribution in [3.05, 3.63) is 81.6 Å². The Labute approximate surface area is 184 Å². The summed E-state index contributed by atoms with van der Waals surface area (Å²) in [6.07, 6.45) is 2.49. The van der Waals surface area contributed by atoms with E-state index in [1.54, 1.807) is 0 Å². The quantitative estimate of drug-likeness (QED) is 0.651. The van der Waals surface area contributed by atoms with Crippen molar-refractivity contribution >= 4 is 12.1 Å². The van der Waals surface area contributed by atoms with E-state index in [0.717, 1.165) is 40.3 Å². The van der Waals surface area contributed by atoms with E-state index in [2.05, 4.69) is 13.8 Å². The predicted molar refractivity (Wildman–Crippen MR) is 117 cm³/mol. The van der Waals surface area contributed by atoms with Crippen LogP contribution >= 0.6 is 0 Å². The number of ether oxygens (including phenoxy) is 1. The summed E-state index contributed by atoms with van der Waals surface area (Å²) in [5, 5.41) is 9.38. The molecule has 2 aromatic carbocycles. The molecule has 0 spiro atoms. The molecule has 0 amide bonds. The molecule has 0 bridgehead atoms. The summed E-state index contributed by atoms with van der Waals surface area (Å²) < 4.78 is 8.04. The minimum atomic E-state index is -1.19. The maximum absolute atomic E-state index is 12.4. The van der Waals surface area contributed by atoms with Gasteiger partial charge in [-0.25, -0.2) is 4.79 Å². The van der Waals surface area contributed by atoms with E-state index < -0.39 is 11.4 Å². The number of carbonyl (C=O) groups is 1. The minimum absolute atomic E-state index is 0.0588. The van der Waals surface area contributed by atoms with Gasteiger partial charge in [0.25, 0.3) is 0 Å².